The van der Waals surface area contributed by atoms with Crippen LogP contribution in [0.4, 0.5) is 5.69 Å². The normalized spacial score (nSPS) is 10.2. The molecule has 104 valence electrons. The van der Waals surface area contributed by atoms with Crippen molar-refractivity contribution >= 4 is 12.0 Å². The molecule has 2 aromatic rings. The van der Waals surface area contributed by atoms with Crippen LogP contribution in [0.5, 0.6) is 5.75 Å². The van der Waals surface area contributed by atoms with Crippen molar-refractivity contribution in [3.05, 3.63) is 42.6 Å². The van der Waals surface area contributed by atoms with Crippen LogP contribution in [0, 0.1) is 0 Å². The highest BCUT2D eigenvalue weighted by atomic mass is 16.5. The van der Waals surface area contributed by atoms with E-state index in [0.717, 1.165) is 11.8 Å². The molecule has 1 aromatic heterocycles. The monoisotopic (exact) mass is 271 g/mol. The van der Waals surface area contributed by atoms with E-state index in [0.29, 0.717) is 36.0 Å². The highest BCUT2D eigenvalue weighted by molar-refractivity contribution is 5.77. The number of nitrogens with zero attached hydrogens (tertiary/aromatic N) is 2. The van der Waals surface area contributed by atoms with Gasteiger partial charge in [-0.15, -0.1) is 6.58 Å². The molecule has 0 aliphatic rings. The van der Waals surface area contributed by atoms with Crippen LogP contribution in [-0.2, 0) is 6.54 Å². The second kappa shape index (κ2) is 6.06. The van der Waals surface area contributed by atoms with E-state index in [9.17, 15) is 4.79 Å². The van der Waals surface area contributed by atoms with Crippen molar-refractivity contribution in [2.45, 2.75) is 13.5 Å². The summed E-state index contributed by atoms with van der Waals surface area (Å²) in [6.45, 7) is 6.60. The lowest BCUT2D eigenvalue weighted by Crippen LogP contribution is -2.02. The van der Waals surface area contributed by atoms with Crippen molar-refractivity contribution in [2.24, 2.45) is 0 Å². The average molecular weight is 271 g/mol. The van der Waals surface area contributed by atoms with Crippen LogP contribution < -0.4 is 10.5 Å². The Hall–Kier alpha value is -2.56. The summed E-state index contributed by atoms with van der Waals surface area (Å²) in [7, 11) is 0. The maximum absolute atomic E-state index is 11.0. The number of aromatic nitrogens is 2. The zero-order valence-electron chi connectivity index (χ0n) is 11.4. The van der Waals surface area contributed by atoms with Gasteiger partial charge in [-0.3, -0.25) is 9.48 Å². The highest BCUT2D eigenvalue weighted by Gasteiger charge is 2.10. The van der Waals surface area contributed by atoms with E-state index in [1.54, 1.807) is 29.0 Å². The minimum atomic E-state index is 0.487. The van der Waals surface area contributed by atoms with Crippen LogP contribution >= 0.6 is 0 Å². The molecule has 2 N–H and O–H groups in total. The molecule has 0 saturated heterocycles. The van der Waals surface area contributed by atoms with E-state index in [2.05, 4.69) is 11.7 Å². The minimum Gasteiger partial charge on any atom is -0.492 e. The third kappa shape index (κ3) is 2.71. The van der Waals surface area contributed by atoms with Gasteiger partial charge in [-0.1, -0.05) is 6.08 Å². The van der Waals surface area contributed by atoms with Crippen molar-refractivity contribution in [1.82, 2.24) is 9.78 Å². The SMILES string of the molecule is C=CCn1nc(-c2ccc(OCC)c(N)c2)cc1C=O. The van der Waals surface area contributed by atoms with Crippen molar-refractivity contribution in [3.63, 3.8) is 0 Å². The van der Waals surface area contributed by atoms with Gasteiger partial charge in [0.1, 0.15) is 11.4 Å². The Kier molecular flexibility index (Phi) is 4.20. The lowest BCUT2D eigenvalue weighted by molar-refractivity contribution is 0.111. The summed E-state index contributed by atoms with van der Waals surface area (Å²) in [5.41, 5.74) is 8.54. The summed E-state index contributed by atoms with van der Waals surface area (Å²) < 4.78 is 7.00. The summed E-state index contributed by atoms with van der Waals surface area (Å²) in [6, 6.07) is 7.20. The van der Waals surface area contributed by atoms with Crippen LogP contribution in [0.15, 0.2) is 36.9 Å². The number of rotatable bonds is 6. The van der Waals surface area contributed by atoms with Gasteiger partial charge in [0.2, 0.25) is 0 Å². The van der Waals surface area contributed by atoms with Crippen LogP contribution in [0.1, 0.15) is 17.4 Å². The van der Waals surface area contributed by atoms with Crippen molar-refractivity contribution < 1.29 is 9.53 Å². The molecular weight excluding hydrogens is 254 g/mol. The van der Waals surface area contributed by atoms with Gasteiger partial charge in [-0.05, 0) is 31.2 Å². The third-order valence-corrected chi connectivity index (χ3v) is 2.84. The van der Waals surface area contributed by atoms with Gasteiger partial charge in [0.15, 0.2) is 6.29 Å². The molecule has 0 fully saturated rings. The Labute approximate surface area is 117 Å². The van der Waals surface area contributed by atoms with Crippen LogP contribution in [0.3, 0.4) is 0 Å². The number of anilines is 1. The molecular formula is C15H17N3O2. The number of aldehydes is 1. The molecule has 20 heavy (non-hydrogen) atoms. The molecule has 0 radical (unpaired) electrons. The predicted molar refractivity (Wildman–Crippen MR) is 78.8 cm³/mol. The van der Waals surface area contributed by atoms with E-state index >= 15 is 0 Å². The van der Waals surface area contributed by atoms with Crippen LogP contribution in [-0.4, -0.2) is 22.7 Å². The highest BCUT2D eigenvalue weighted by Crippen LogP contribution is 2.28. The van der Waals surface area contributed by atoms with E-state index in [-0.39, 0.29) is 0 Å². The topological polar surface area (TPSA) is 70.1 Å². The molecule has 1 aromatic carbocycles. The quantitative estimate of drug-likeness (QED) is 0.498. The molecule has 5 nitrogen and oxygen atoms in total. The number of nitrogen functional groups attached to an aromatic ring is 1. The van der Waals surface area contributed by atoms with Gasteiger partial charge in [0.05, 0.1) is 24.5 Å². The first-order chi connectivity index (χ1) is 9.69. The van der Waals surface area contributed by atoms with Crippen molar-refractivity contribution in [2.75, 3.05) is 12.3 Å². The maximum atomic E-state index is 11.0. The first kappa shape index (κ1) is 13.9. The van der Waals surface area contributed by atoms with E-state index in [4.69, 9.17) is 10.5 Å². The minimum absolute atomic E-state index is 0.487. The van der Waals surface area contributed by atoms with E-state index < -0.39 is 0 Å². The number of hydrogen-bond acceptors (Lipinski definition) is 4. The Bertz CT molecular complexity index is 632. The number of hydrogen-bond donors (Lipinski definition) is 1. The molecule has 0 spiro atoms. The summed E-state index contributed by atoms with van der Waals surface area (Å²) >= 11 is 0. The first-order valence-corrected chi connectivity index (χ1v) is 6.36. The zero-order chi connectivity index (χ0) is 14.5. The fraction of sp³-hybridized carbons (Fsp3) is 0.200. The second-order valence-electron chi connectivity index (χ2n) is 4.23. The van der Waals surface area contributed by atoms with E-state index in [1.807, 2.05) is 13.0 Å². The molecule has 2 rings (SSSR count). The third-order valence-electron chi connectivity index (χ3n) is 2.84. The maximum Gasteiger partial charge on any atom is 0.168 e. The molecule has 0 aliphatic heterocycles. The summed E-state index contributed by atoms with van der Waals surface area (Å²) in [5.74, 6) is 0.650. The van der Waals surface area contributed by atoms with Gasteiger partial charge >= 0.3 is 0 Å². The number of ether oxygens (including phenoxy) is 1. The second-order valence-corrected chi connectivity index (χ2v) is 4.23. The molecule has 5 heteroatoms. The zero-order valence-corrected chi connectivity index (χ0v) is 11.4. The number of benzene rings is 1. The van der Waals surface area contributed by atoms with Gasteiger partial charge < -0.3 is 10.5 Å². The Morgan fingerprint density at radius 1 is 1.45 bits per heavy atom. The smallest absolute Gasteiger partial charge is 0.168 e. The fourth-order valence-electron chi connectivity index (χ4n) is 1.93. The van der Waals surface area contributed by atoms with Crippen LogP contribution in [0.2, 0.25) is 0 Å². The average Bonchev–Trinajstić information content (AvgIpc) is 2.85. The van der Waals surface area contributed by atoms with Gasteiger partial charge in [-0.2, -0.15) is 5.10 Å². The molecule has 0 saturated carbocycles. The van der Waals surface area contributed by atoms with Gasteiger partial charge in [-0.25, -0.2) is 0 Å². The predicted octanol–water partition coefficient (Wildman–Crippen LogP) is 2.53. The molecule has 0 amide bonds. The largest absolute Gasteiger partial charge is 0.492 e. The molecule has 0 unspecified atom stereocenters. The fourth-order valence-corrected chi connectivity index (χ4v) is 1.93. The number of allylic oxidation sites excluding steroid dienone is 1. The first-order valence-electron chi connectivity index (χ1n) is 6.36. The molecule has 1 heterocycles. The Morgan fingerprint density at radius 3 is 2.85 bits per heavy atom. The number of carbonyl (C=O) groups excluding carboxylic acids is 1. The number of nitrogens with two attached hydrogens (primary N) is 1. The summed E-state index contributed by atoms with van der Waals surface area (Å²) in [4.78, 5) is 11.0. The Morgan fingerprint density at radius 2 is 2.25 bits per heavy atom. The lowest BCUT2D eigenvalue weighted by atomic mass is 10.1. The molecule has 0 bridgehead atoms. The summed E-state index contributed by atoms with van der Waals surface area (Å²) in [6.07, 6.45) is 2.47. The van der Waals surface area contributed by atoms with E-state index in [1.165, 1.54) is 0 Å². The molecule has 0 aliphatic carbocycles. The van der Waals surface area contributed by atoms with Crippen molar-refractivity contribution in [1.29, 1.82) is 0 Å². The lowest BCUT2D eigenvalue weighted by Gasteiger charge is -2.07. The Balaban J connectivity index is 2.38. The van der Waals surface area contributed by atoms with Gasteiger partial charge in [0, 0.05) is 5.56 Å². The van der Waals surface area contributed by atoms with Crippen molar-refractivity contribution in [3.8, 4) is 17.0 Å². The van der Waals surface area contributed by atoms with Gasteiger partial charge in [0.25, 0.3) is 0 Å². The summed E-state index contributed by atoms with van der Waals surface area (Å²) in [5, 5.41) is 4.38. The molecule has 0 atom stereocenters. The standard InChI is InChI=1S/C15H17N3O2/c1-3-7-18-12(10-19)9-14(17-18)11-5-6-15(20-4-2)13(16)8-11/h3,5-6,8-10H,1,4,7,16H2,2H3. The van der Waals surface area contributed by atoms with Crippen LogP contribution in [0.25, 0.3) is 11.3 Å². The number of carbonyl (C=O) groups is 1.